The maximum atomic E-state index is 12.1. The van der Waals surface area contributed by atoms with Crippen LogP contribution in [-0.2, 0) is 19.3 Å². The van der Waals surface area contributed by atoms with E-state index in [2.05, 4.69) is 0 Å². The van der Waals surface area contributed by atoms with Crippen molar-refractivity contribution >= 4 is 15.5 Å². The molecule has 0 aromatic heterocycles. The fourth-order valence-corrected chi connectivity index (χ4v) is 2.75. The van der Waals surface area contributed by atoms with Crippen molar-refractivity contribution in [3.8, 4) is 5.75 Å². The number of hydrogen-bond donors (Lipinski definition) is 1. The van der Waals surface area contributed by atoms with Crippen LogP contribution in [0.1, 0.15) is 0 Å². The van der Waals surface area contributed by atoms with Gasteiger partial charge in [0.15, 0.2) is 9.84 Å². The number of methoxy groups -OCH3 is 2. The maximum absolute atomic E-state index is 12.1. The Morgan fingerprint density at radius 2 is 1.89 bits per heavy atom. The highest BCUT2D eigenvalue weighted by Gasteiger charge is 2.19. The predicted molar refractivity (Wildman–Crippen MR) is 72.2 cm³/mol. The summed E-state index contributed by atoms with van der Waals surface area (Å²) in [5.41, 5.74) is 6.04. The Labute approximate surface area is 113 Å². The normalized spacial score (nSPS) is 11.5. The molecule has 1 aromatic carbocycles. The van der Waals surface area contributed by atoms with Crippen LogP contribution in [0, 0.1) is 0 Å². The largest absolute Gasteiger partial charge is 0.495 e. The maximum Gasteiger partial charge on any atom is 0.184 e. The van der Waals surface area contributed by atoms with Crippen LogP contribution in [-0.4, -0.2) is 48.2 Å². The third-order valence-electron chi connectivity index (χ3n) is 2.45. The van der Waals surface area contributed by atoms with E-state index in [0.717, 1.165) is 0 Å². The number of benzene rings is 1. The fraction of sp³-hybridized carbons (Fsp3) is 0.500. The molecule has 0 bridgehead atoms. The lowest BCUT2D eigenvalue weighted by Crippen LogP contribution is -2.15. The van der Waals surface area contributed by atoms with Gasteiger partial charge in [0.2, 0.25) is 0 Å². The Hall–Kier alpha value is -1.31. The number of nitrogens with two attached hydrogens (primary N) is 1. The summed E-state index contributed by atoms with van der Waals surface area (Å²) in [6.45, 7) is 0.912. The van der Waals surface area contributed by atoms with Gasteiger partial charge >= 0.3 is 0 Å². The van der Waals surface area contributed by atoms with Gasteiger partial charge < -0.3 is 19.9 Å². The van der Waals surface area contributed by atoms with E-state index in [9.17, 15) is 8.42 Å². The van der Waals surface area contributed by atoms with Gasteiger partial charge in [0, 0.05) is 18.9 Å². The molecule has 1 aromatic rings. The highest BCUT2D eigenvalue weighted by atomic mass is 32.2. The topological polar surface area (TPSA) is 87.9 Å². The van der Waals surface area contributed by atoms with Gasteiger partial charge in [-0.25, -0.2) is 8.42 Å². The first-order valence-corrected chi connectivity index (χ1v) is 7.39. The molecule has 0 aliphatic carbocycles. The minimum absolute atomic E-state index is 0.110. The summed E-state index contributed by atoms with van der Waals surface area (Å²) in [5.74, 6) is 0.133. The molecule has 2 N–H and O–H groups in total. The van der Waals surface area contributed by atoms with E-state index in [1.54, 1.807) is 7.11 Å². The molecule has 6 nitrogen and oxygen atoms in total. The molecule has 0 spiro atoms. The number of rotatable bonds is 8. The quantitative estimate of drug-likeness (QED) is 0.560. The van der Waals surface area contributed by atoms with E-state index in [-0.39, 0.29) is 23.0 Å². The van der Waals surface area contributed by atoms with E-state index in [0.29, 0.717) is 18.9 Å². The smallest absolute Gasteiger partial charge is 0.184 e. The number of anilines is 1. The van der Waals surface area contributed by atoms with Crippen LogP contribution in [0.25, 0.3) is 0 Å². The first kappa shape index (κ1) is 15.7. The fourth-order valence-electron chi connectivity index (χ4n) is 1.46. The van der Waals surface area contributed by atoms with Gasteiger partial charge in [0.05, 0.1) is 32.7 Å². The van der Waals surface area contributed by atoms with Crippen molar-refractivity contribution in [1.82, 2.24) is 0 Å². The van der Waals surface area contributed by atoms with Crippen LogP contribution < -0.4 is 10.5 Å². The second-order valence-corrected chi connectivity index (χ2v) is 5.91. The molecular formula is C12H19NO5S. The van der Waals surface area contributed by atoms with Crippen molar-refractivity contribution in [2.24, 2.45) is 0 Å². The summed E-state index contributed by atoms with van der Waals surface area (Å²) in [6.07, 6.45) is 0. The second-order valence-electron chi connectivity index (χ2n) is 3.83. The lowest BCUT2D eigenvalue weighted by Gasteiger charge is -2.10. The highest BCUT2D eigenvalue weighted by molar-refractivity contribution is 7.91. The molecule has 108 valence electrons. The number of nitrogen functional groups attached to an aromatic ring is 1. The van der Waals surface area contributed by atoms with Crippen molar-refractivity contribution in [1.29, 1.82) is 0 Å². The summed E-state index contributed by atoms with van der Waals surface area (Å²) in [4.78, 5) is 0.125. The molecule has 0 aliphatic rings. The Kier molecular flexibility index (Phi) is 6.07. The molecule has 0 amide bonds. The van der Waals surface area contributed by atoms with Crippen molar-refractivity contribution in [2.45, 2.75) is 4.90 Å². The summed E-state index contributed by atoms with van der Waals surface area (Å²) in [5, 5.41) is 0. The summed E-state index contributed by atoms with van der Waals surface area (Å²) >= 11 is 0. The second kappa shape index (κ2) is 7.32. The summed E-state index contributed by atoms with van der Waals surface area (Å²) in [6, 6.07) is 4.46. The Balaban J connectivity index is 2.72. The van der Waals surface area contributed by atoms with Crippen LogP contribution in [0.4, 0.5) is 5.69 Å². The molecule has 0 atom stereocenters. The van der Waals surface area contributed by atoms with E-state index in [4.69, 9.17) is 19.9 Å². The molecule has 0 heterocycles. The molecule has 0 saturated carbocycles. The summed E-state index contributed by atoms with van der Waals surface area (Å²) < 4.78 is 39.2. The molecular weight excluding hydrogens is 270 g/mol. The number of sulfone groups is 1. The lowest BCUT2D eigenvalue weighted by molar-refractivity contribution is 0.0785. The van der Waals surface area contributed by atoms with Gasteiger partial charge in [-0.1, -0.05) is 0 Å². The summed E-state index contributed by atoms with van der Waals surface area (Å²) in [7, 11) is -0.493. The molecule has 1 rings (SSSR count). The highest BCUT2D eigenvalue weighted by Crippen LogP contribution is 2.26. The Bertz CT molecular complexity index is 501. The third-order valence-corrected chi connectivity index (χ3v) is 4.16. The molecule has 0 unspecified atom stereocenters. The van der Waals surface area contributed by atoms with Gasteiger partial charge in [0.25, 0.3) is 0 Å². The van der Waals surface area contributed by atoms with Gasteiger partial charge in [-0.05, 0) is 12.1 Å². The van der Waals surface area contributed by atoms with E-state index < -0.39 is 9.84 Å². The number of ether oxygens (including phenoxy) is 3. The van der Waals surface area contributed by atoms with Crippen LogP contribution in [0.5, 0.6) is 5.75 Å². The van der Waals surface area contributed by atoms with Crippen molar-refractivity contribution in [2.75, 3.05) is 45.5 Å². The SMILES string of the molecule is COCCOCCS(=O)(=O)c1ccc(N)cc1OC. The van der Waals surface area contributed by atoms with Gasteiger partial charge in [0.1, 0.15) is 10.6 Å². The molecule has 0 saturated heterocycles. The van der Waals surface area contributed by atoms with E-state index >= 15 is 0 Å². The minimum Gasteiger partial charge on any atom is -0.495 e. The molecule has 7 heteroatoms. The molecule has 0 aliphatic heterocycles. The Morgan fingerprint density at radius 1 is 1.16 bits per heavy atom. The third kappa shape index (κ3) is 4.70. The zero-order chi connectivity index (χ0) is 14.3. The zero-order valence-corrected chi connectivity index (χ0v) is 11.9. The van der Waals surface area contributed by atoms with Crippen molar-refractivity contribution in [3.05, 3.63) is 18.2 Å². The first-order valence-electron chi connectivity index (χ1n) is 5.74. The first-order chi connectivity index (χ1) is 9.01. The van der Waals surface area contributed by atoms with E-state index in [1.165, 1.54) is 25.3 Å². The lowest BCUT2D eigenvalue weighted by atomic mass is 10.3. The molecule has 19 heavy (non-hydrogen) atoms. The minimum atomic E-state index is -3.45. The standard InChI is InChI=1S/C12H19NO5S/c1-16-5-6-18-7-8-19(14,15)12-4-3-10(13)9-11(12)17-2/h3-4,9H,5-8,13H2,1-2H3. The monoisotopic (exact) mass is 289 g/mol. The van der Waals surface area contributed by atoms with Crippen molar-refractivity contribution in [3.63, 3.8) is 0 Å². The van der Waals surface area contributed by atoms with Gasteiger partial charge in [-0.3, -0.25) is 0 Å². The predicted octanol–water partition coefficient (Wildman–Crippen LogP) is 0.714. The van der Waals surface area contributed by atoms with Gasteiger partial charge in [-0.15, -0.1) is 0 Å². The van der Waals surface area contributed by atoms with Crippen LogP contribution in [0.3, 0.4) is 0 Å². The van der Waals surface area contributed by atoms with Crippen LogP contribution >= 0.6 is 0 Å². The van der Waals surface area contributed by atoms with Crippen LogP contribution in [0.2, 0.25) is 0 Å². The van der Waals surface area contributed by atoms with E-state index in [1.807, 2.05) is 0 Å². The molecule has 0 fully saturated rings. The van der Waals surface area contributed by atoms with Crippen LogP contribution in [0.15, 0.2) is 23.1 Å². The average molecular weight is 289 g/mol. The Morgan fingerprint density at radius 3 is 2.53 bits per heavy atom. The van der Waals surface area contributed by atoms with Crippen molar-refractivity contribution < 1.29 is 22.6 Å². The zero-order valence-electron chi connectivity index (χ0n) is 11.1. The van der Waals surface area contributed by atoms with Gasteiger partial charge in [-0.2, -0.15) is 0 Å². The number of hydrogen-bond acceptors (Lipinski definition) is 6. The molecule has 0 radical (unpaired) electrons. The average Bonchev–Trinajstić information content (AvgIpc) is 2.38.